The molecule has 29 heavy (non-hydrogen) atoms. The molecule has 0 aromatic heterocycles. The maximum atomic E-state index is 13.7. The third kappa shape index (κ3) is 6.34. The predicted molar refractivity (Wildman–Crippen MR) is 120 cm³/mol. The number of hydrogen-bond acceptors (Lipinski definition) is 4. The molecule has 1 aliphatic carbocycles. The monoisotopic (exact) mass is 408 g/mol. The Morgan fingerprint density at radius 1 is 0.828 bits per heavy atom. The minimum absolute atomic E-state index is 0.0504. The quantitative estimate of drug-likeness (QED) is 0.338. The van der Waals surface area contributed by atoms with Crippen LogP contribution in [0.3, 0.4) is 0 Å². The van der Waals surface area contributed by atoms with Crippen molar-refractivity contribution in [1.82, 2.24) is 0 Å². The molecule has 4 heteroatoms. The van der Waals surface area contributed by atoms with Gasteiger partial charge in [0.05, 0.1) is 17.1 Å². The number of Topliss-reactive ketones (excluding diaryl/α,β-unsaturated/α-hetero) is 1. The van der Waals surface area contributed by atoms with Crippen LogP contribution >= 0.6 is 0 Å². The molecule has 1 atom stereocenters. The molecular weight excluding hydrogens is 364 g/mol. The van der Waals surface area contributed by atoms with E-state index >= 15 is 0 Å². The number of carbonyl (C=O) groups excluding carboxylic acids is 1. The molecule has 0 heterocycles. The number of carbonyl (C=O) groups is 1. The number of aliphatic hydroxyl groups excluding tert-OH is 3. The molecular formula is C25H44O4. The number of aliphatic hydroxyl groups is 3. The molecule has 1 rings (SSSR count). The van der Waals surface area contributed by atoms with Crippen LogP contribution in [0.5, 0.6) is 0 Å². The van der Waals surface area contributed by atoms with Gasteiger partial charge < -0.3 is 15.3 Å². The molecule has 4 nitrogen and oxygen atoms in total. The highest BCUT2D eigenvalue weighted by atomic mass is 16.3. The molecule has 0 aliphatic heterocycles. The van der Waals surface area contributed by atoms with Gasteiger partial charge in [0.2, 0.25) is 0 Å². The van der Waals surface area contributed by atoms with Crippen LogP contribution < -0.4 is 0 Å². The third-order valence-electron chi connectivity index (χ3n) is 6.12. The van der Waals surface area contributed by atoms with Crippen molar-refractivity contribution >= 4 is 5.78 Å². The Hall–Kier alpha value is -1.29. The van der Waals surface area contributed by atoms with Gasteiger partial charge >= 0.3 is 0 Å². The van der Waals surface area contributed by atoms with Crippen LogP contribution in [0.1, 0.15) is 99.8 Å². The lowest BCUT2D eigenvalue weighted by Crippen LogP contribution is -2.42. The fraction of sp³-hybridized carbons (Fsp3) is 0.800. The molecule has 0 amide bonds. The molecule has 0 saturated heterocycles. The Balaban J connectivity index is 3.58. The van der Waals surface area contributed by atoms with Crippen LogP contribution in [-0.4, -0.2) is 27.2 Å². The Morgan fingerprint density at radius 3 is 1.72 bits per heavy atom. The summed E-state index contributed by atoms with van der Waals surface area (Å²) in [5, 5.41) is 33.1. The van der Waals surface area contributed by atoms with E-state index in [1.54, 1.807) is 0 Å². The Kier molecular flexibility index (Phi) is 9.94. The van der Waals surface area contributed by atoms with Gasteiger partial charge in [-0.15, -0.1) is 0 Å². The van der Waals surface area contributed by atoms with Crippen LogP contribution in [0.15, 0.2) is 22.7 Å². The Bertz CT molecular complexity index is 598. The first-order valence-electron chi connectivity index (χ1n) is 11.6. The number of ketones is 1. The minimum atomic E-state index is -1.03. The largest absolute Gasteiger partial charge is 0.511 e. The van der Waals surface area contributed by atoms with Gasteiger partial charge in [0, 0.05) is 5.57 Å². The number of hydrogen-bond donors (Lipinski definition) is 3. The minimum Gasteiger partial charge on any atom is -0.511 e. The third-order valence-corrected chi connectivity index (χ3v) is 6.12. The Labute approximate surface area is 178 Å². The molecule has 0 bridgehead atoms. The SMILES string of the molecule is CCCC(O)C1=C(O)C(CCC(C)C)=C(O)C(CCC(C)C)(CCC(C)C)C1=O. The highest BCUT2D eigenvalue weighted by Gasteiger charge is 2.50. The second-order valence-electron chi connectivity index (χ2n) is 10.1. The molecule has 0 fully saturated rings. The summed E-state index contributed by atoms with van der Waals surface area (Å²) in [6.07, 6.45) is 4.17. The summed E-state index contributed by atoms with van der Waals surface area (Å²) in [6.45, 7) is 14.6. The highest BCUT2D eigenvalue weighted by molar-refractivity contribution is 6.05. The van der Waals surface area contributed by atoms with Crippen LogP contribution in [0.25, 0.3) is 0 Å². The molecule has 0 aromatic rings. The van der Waals surface area contributed by atoms with E-state index < -0.39 is 11.5 Å². The average molecular weight is 409 g/mol. The van der Waals surface area contributed by atoms with Crippen molar-refractivity contribution in [3.63, 3.8) is 0 Å². The normalized spacial score (nSPS) is 18.5. The van der Waals surface area contributed by atoms with Crippen molar-refractivity contribution in [2.24, 2.45) is 23.2 Å². The van der Waals surface area contributed by atoms with E-state index in [0.717, 1.165) is 19.3 Å². The zero-order chi connectivity index (χ0) is 22.4. The molecule has 1 unspecified atom stereocenters. The zero-order valence-electron chi connectivity index (χ0n) is 19.7. The van der Waals surface area contributed by atoms with Gasteiger partial charge in [0.25, 0.3) is 0 Å². The molecule has 0 aromatic carbocycles. The standard InChI is InChI=1S/C25H44O4/c1-8-9-20(26)21-22(27)19(11-10-16(2)3)23(28)25(24(21)29,14-12-17(4)5)15-13-18(6)7/h16-18,20,26-28H,8-15H2,1-7H3. The van der Waals surface area contributed by atoms with Crippen LogP contribution in [0, 0.1) is 23.2 Å². The van der Waals surface area contributed by atoms with E-state index in [9.17, 15) is 20.1 Å². The summed E-state index contributed by atoms with van der Waals surface area (Å²) in [7, 11) is 0. The van der Waals surface area contributed by atoms with Crippen molar-refractivity contribution in [1.29, 1.82) is 0 Å². The smallest absolute Gasteiger partial charge is 0.178 e. The summed E-state index contributed by atoms with van der Waals surface area (Å²) in [6, 6.07) is 0. The molecule has 168 valence electrons. The molecule has 1 aliphatic rings. The second kappa shape index (κ2) is 11.2. The first-order chi connectivity index (χ1) is 13.5. The lowest BCUT2D eigenvalue weighted by molar-refractivity contribution is -0.127. The summed E-state index contributed by atoms with van der Waals surface area (Å²) >= 11 is 0. The lowest BCUT2D eigenvalue weighted by Gasteiger charge is -2.39. The topological polar surface area (TPSA) is 77.8 Å². The molecule has 0 saturated carbocycles. The molecule has 0 spiro atoms. The van der Waals surface area contributed by atoms with Crippen LogP contribution in [-0.2, 0) is 4.79 Å². The van der Waals surface area contributed by atoms with Gasteiger partial charge in [0.1, 0.15) is 11.5 Å². The molecule has 0 radical (unpaired) electrons. The van der Waals surface area contributed by atoms with E-state index in [4.69, 9.17) is 0 Å². The maximum Gasteiger partial charge on any atom is 0.178 e. The summed E-state index contributed by atoms with van der Waals surface area (Å²) in [5.74, 6) is 0.796. The number of allylic oxidation sites excluding steroid dienone is 2. The van der Waals surface area contributed by atoms with Gasteiger partial charge in [-0.25, -0.2) is 0 Å². The zero-order valence-corrected chi connectivity index (χ0v) is 19.7. The van der Waals surface area contributed by atoms with E-state index in [1.165, 1.54) is 0 Å². The van der Waals surface area contributed by atoms with Crippen molar-refractivity contribution < 1.29 is 20.1 Å². The van der Waals surface area contributed by atoms with Gasteiger partial charge in [-0.2, -0.15) is 0 Å². The predicted octanol–water partition coefficient (Wildman–Crippen LogP) is 6.65. The highest BCUT2D eigenvalue weighted by Crippen LogP contribution is 2.49. The first-order valence-corrected chi connectivity index (χ1v) is 11.6. The van der Waals surface area contributed by atoms with Crippen molar-refractivity contribution in [3.8, 4) is 0 Å². The van der Waals surface area contributed by atoms with Crippen molar-refractivity contribution in [2.75, 3.05) is 0 Å². The van der Waals surface area contributed by atoms with Gasteiger partial charge in [0.15, 0.2) is 5.78 Å². The number of rotatable bonds is 12. The van der Waals surface area contributed by atoms with Crippen LogP contribution in [0.2, 0.25) is 0 Å². The average Bonchev–Trinajstić information content (AvgIpc) is 2.61. The van der Waals surface area contributed by atoms with E-state index in [2.05, 4.69) is 41.5 Å². The summed E-state index contributed by atoms with van der Waals surface area (Å²) < 4.78 is 0. The first kappa shape index (κ1) is 25.7. The fourth-order valence-corrected chi connectivity index (χ4v) is 4.09. The van der Waals surface area contributed by atoms with E-state index in [1.807, 2.05) is 6.92 Å². The van der Waals surface area contributed by atoms with Crippen molar-refractivity contribution in [3.05, 3.63) is 22.7 Å². The van der Waals surface area contributed by atoms with Gasteiger partial charge in [-0.3, -0.25) is 4.79 Å². The summed E-state index contributed by atoms with van der Waals surface area (Å²) in [4.78, 5) is 13.7. The lowest BCUT2D eigenvalue weighted by atomic mass is 9.64. The van der Waals surface area contributed by atoms with E-state index in [-0.39, 0.29) is 22.9 Å². The van der Waals surface area contributed by atoms with Crippen LogP contribution in [0.4, 0.5) is 0 Å². The van der Waals surface area contributed by atoms with Gasteiger partial charge in [-0.05, 0) is 62.7 Å². The van der Waals surface area contributed by atoms with E-state index in [0.29, 0.717) is 55.4 Å². The Morgan fingerprint density at radius 2 is 1.31 bits per heavy atom. The maximum absolute atomic E-state index is 13.7. The van der Waals surface area contributed by atoms with Gasteiger partial charge in [-0.1, -0.05) is 54.9 Å². The van der Waals surface area contributed by atoms with Crippen molar-refractivity contribution in [2.45, 2.75) is 106 Å². The second-order valence-corrected chi connectivity index (χ2v) is 10.1. The summed E-state index contributed by atoms with van der Waals surface area (Å²) in [5.41, 5.74) is -0.441. The fourth-order valence-electron chi connectivity index (χ4n) is 4.09. The molecule has 3 N–H and O–H groups in total.